The van der Waals surface area contributed by atoms with Crippen LogP contribution in [0.1, 0.15) is 11.1 Å². The van der Waals surface area contributed by atoms with Gasteiger partial charge in [-0.25, -0.2) is 12.7 Å². The summed E-state index contributed by atoms with van der Waals surface area (Å²) in [5.41, 5.74) is 2.62. The maximum atomic E-state index is 12.0. The van der Waals surface area contributed by atoms with Crippen LogP contribution in [0.5, 0.6) is 0 Å². The SMILES string of the molecule is Cc1ccc(C=CC(=O)NC(=S)Nc2ccc(S(=O)(=O)N(C)C)cc2)cc1. The lowest BCUT2D eigenvalue weighted by atomic mass is 10.1. The Kier molecular flexibility index (Phi) is 6.84. The molecule has 142 valence electrons. The molecule has 0 fully saturated rings. The van der Waals surface area contributed by atoms with Crippen molar-refractivity contribution >= 4 is 45.0 Å². The van der Waals surface area contributed by atoms with Gasteiger partial charge in [-0.3, -0.25) is 10.1 Å². The maximum Gasteiger partial charge on any atom is 0.250 e. The molecule has 6 nitrogen and oxygen atoms in total. The predicted molar refractivity (Wildman–Crippen MR) is 112 cm³/mol. The maximum absolute atomic E-state index is 12.0. The zero-order valence-corrected chi connectivity index (χ0v) is 16.9. The van der Waals surface area contributed by atoms with Crippen LogP contribution in [0.4, 0.5) is 5.69 Å². The number of carbonyl (C=O) groups is 1. The van der Waals surface area contributed by atoms with Gasteiger partial charge in [-0.1, -0.05) is 29.8 Å². The molecule has 0 saturated heterocycles. The van der Waals surface area contributed by atoms with Crippen molar-refractivity contribution in [2.75, 3.05) is 19.4 Å². The molecule has 0 aliphatic heterocycles. The van der Waals surface area contributed by atoms with E-state index in [4.69, 9.17) is 12.2 Å². The van der Waals surface area contributed by atoms with Crippen molar-refractivity contribution in [1.29, 1.82) is 0 Å². The first-order chi connectivity index (χ1) is 12.7. The van der Waals surface area contributed by atoms with E-state index in [1.165, 1.54) is 32.3 Å². The number of rotatable bonds is 5. The molecule has 0 bridgehead atoms. The van der Waals surface area contributed by atoms with Gasteiger partial charge in [0, 0.05) is 25.9 Å². The molecule has 2 rings (SSSR count). The van der Waals surface area contributed by atoms with Crippen molar-refractivity contribution < 1.29 is 13.2 Å². The fourth-order valence-corrected chi connectivity index (χ4v) is 3.21. The van der Waals surface area contributed by atoms with E-state index in [0.29, 0.717) is 5.69 Å². The number of hydrogen-bond donors (Lipinski definition) is 2. The van der Waals surface area contributed by atoms with Crippen LogP contribution in [0.15, 0.2) is 59.5 Å². The molecule has 0 saturated carbocycles. The Bertz CT molecular complexity index is 949. The molecule has 0 heterocycles. The van der Waals surface area contributed by atoms with Crippen LogP contribution in [0.2, 0.25) is 0 Å². The number of nitrogens with zero attached hydrogens (tertiary/aromatic N) is 1. The number of anilines is 1. The third-order valence-corrected chi connectivity index (χ3v) is 5.67. The highest BCUT2D eigenvalue weighted by atomic mass is 32.2. The third kappa shape index (κ3) is 5.99. The molecule has 1 amide bonds. The van der Waals surface area contributed by atoms with Gasteiger partial charge in [-0.15, -0.1) is 0 Å². The number of benzene rings is 2. The van der Waals surface area contributed by atoms with Gasteiger partial charge in [0.15, 0.2) is 5.11 Å². The van der Waals surface area contributed by atoms with Crippen molar-refractivity contribution in [2.45, 2.75) is 11.8 Å². The quantitative estimate of drug-likeness (QED) is 0.593. The summed E-state index contributed by atoms with van der Waals surface area (Å²) >= 11 is 5.10. The average Bonchev–Trinajstić information content (AvgIpc) is 2.61. The second-order valence-electron chi connectivity index (χ2n) is 6.00. The first-order valence-electron chi connectivity index (χ1n) is 8.08. The Balaban J connectivity index is 1.93. The summed E-state index contributed by atoms with van der Waals surface area (Å²) in [6.45, 7) is 1.99. The largest absolute Gasteiger partial charge is 0.332 e. The minimum absolute atomic E-state index is 0.122. The standard InChI is InChI=1S/C19H21N3O3S2/c1-14-4-6-15(7-5-14)8-13-18(23)21-19(26)20-16-9-11-17(12-10-16)27(24,25)22(2)3/h4-13H,1-3H3,(H2,20,21,23,26). The normalized spacial score (nSPS) is 11.6. The van der Waals surface area contributed by atoms with Gasteiger partial charge in [0.25, 0.3) is 0 Å². The molecule has 0 radical (unpaired) electrons. The third-order valence-electron chi connectivity index (χ3n) is 3.63. The van der Waals surface area contributed by atoms with E-state index >= 15 is 0 Å². The van der Waals surface area contributed by atoms with Gasteiger partial charge < -0.3 is 5.32 Å². The molecule has 0 aliphatic carbocycles. The smallest absolute Gasteiger partial charge is 0.250 e. The Morgan fingerprint density at radius 2 is 1.63 bits per heavy atom. The van der Waals surface area contributed by atoms with E-state index in [1.54, 1.807) is 18.2 Å². The van der Waals surface area contributed by atoms with Crippen LogP contribution in [-0.4, -0.2) is 37.8 Å². The number of carbonyl (C=O) groups excluding carboxylic acids is 1. The lowest BCUT2D eigenvalue weighted by Crippen LogP contribution is -2.32. The second-order valence-corrected chi connectivity index (χ2v) is 8.56. The fourth-order valence-electron chi connectivity index (χ4n) is 2.09. The molecule has 2 aromatic rings. The van der Waals surface area contributed by atoms with Crippen LogP contribution >= 0.6 is 12.2 Å². The van der Waals surface area contributed by atoms with E-state index in [0.717, 1.165) is 15.4 Å². The molecular formula is C19H21N3O3S2. The summed E-state index contributed by atoms with van der Waals surface area (Å²) in [4.78, 5) is 12.1. The average molecular weight is 404 g/mol. The van der Waals surface area contributed by atoms with Gasteiger partial charge in [0.05, 0.1) is 4.90 Å². The Morgan fingerprint density at radius 3 is 2.19 bits per heavy atom. The molecule has 2 aromatic carbocycles. The monoisotopic (exact) mass is 403 g/mol. The van der Waals surface area contributed by atoms with E-state index in [9.17, 15) is 13.2 Å². The highest BCUT2D eigenvalue weighted by molar-refractivity contribution is 7.89. The van der Waals surface area contributed by atoms with Crippen molar-refractivity contribution in [3.05, 3.63) is 65.7 Å². The van der Waals surface area contributed by atoms with E-state index in [-0.39, 0.29) is 15.9 Å². The summed E-state index contributed by atoms with van der Waals surface area (Å²) in [6, 6.07) is 13.9. The van der Waals surface area contributed by atoms with Gasteiger partial charge in [-0.05, 0) is 55.0 Å². The van der Waals surface area contributed by atoms with E-state index in [1.807, 2.05) is 31.2 Å². The lowest BCUT2D eigenvalue weighted by molar-refractivity contribution is -0.115. The Labute approximate surface area is 164 Å². The van der Waals surface area contributed by atoms with E-state index in [2.05, 4.69) is 10.6 Å². The molecular weight excluding hydrogens is 382 g/mol. The van der Waals surface area contributed by atoms with Crippen molar-refractivity contribution in [3.8, 4) is 0 Å². The summed E-state index contributed by atoms with van der Waals surface area (Å²) in [6.07, 6.45) is 3.09. The number of thiocarbonyl (C=S) groups is 1. The van der Waals surface area contributed by atoms with Crippen molar-refractivity contribution in [3.63, 3.8) is 0 Å². The molecule has 0 spiro atoms. The lowest BCUT2D eigenvalue weighted by Gasteiger charge is -2.12. The fraction of sp³-hybridized carbons (Fsp3) is 0.158. The summed E-state index contributed by atoms with van der Waals surface area (Å²) in [7, 11) is -0.547. The number of amides is 1. The zero-order chi connectivity index (χ0) is 20.0. The van der Waals surface area contributed by atoms with Crippen molar-refractivity contribution in [2.24, 2.45) is 0 Å². The number of sulfonamides is 1. The van der Waals surface area contributed by atoms with Gasteiger partial charge in [-0.2, -0.15) is 0 Å². The van der Waals surface area contributed by atoms with Crippen LogP contribution in [0.3, 0.4) is 0 Å². The Morgan fingerprint density at radius 1 is 1.04 bits per heavy atom. The molecule has 0 atom stereocenters. The topological polar surface area (TPSA) is 78.5 Å². The van der Waals surface area contributed by atoms with Crippen LogP contribution in [0.25, 0.3) is 6.08 Å². The molecule has 0 aliphatic rings. The highest BCUT2D eigenvalue weighted by Crippen LogP contribution is 2.16. The molecule has 8 heteroatoms. The number of hydrogen-bond acceptors (Lipinski definition) is 4. The van der Waals surface area contributed by atoms with Crippen LogP contribution in [-0.2, 0) is 14.8 Å². The number of nitrogens with one attached hydrogen (secondary N) is 2. The highest BCUT2D eigenvalue weighted by Gasteiger charge is 2.16. The van der Waals surface area contributed by atoms with Crippen LogP contribution in [0, 0.1) is 6.92 Å². The first kappa shape index (κ1) is 20.8. The summed E-state index contributed by atoms with van der Waals surface area (Å²) in [5.74, 6) is -0.361. The second kappa shape index (κ2) is 8.90. The molecule has 0 unspecified atom stereocenters. The Hall–Kier alpha value is -2.55. The molecule has 27 heavy (non-hydrogen) atoms. The summed E-state index contributed by atoms with van der Waals surface area (Å²) in [5, 5.41) is 5.51. The zero-order valence-electron chi connectivity index (χ0n) is 15.3. The van der Waals surface area contributed by atoms with Crippen LogP contribution < -0.4 is 10.6 Å². The summed E-state index contributed by atoms with van der Waals surface area (Å²) < 4.78 is 25.2. The van der Waals surface area contributed by atoms with Gasteiger partial charge in [0.2, 0.25) is 15.9 Å². The first-order valence-corrected chi connectivity index (χ1v) is 9.92. The minimum Gasteiger partial charge on any atom is -0.332 e. The van der Waals surface area contributed by atoms with Gasteiger partial charge in [0.1, 0.15) is 0 Å². The van der Waals surface area contributed by atoms with E-state index < -0.39 is 10.0 Å². The predicted octanol–water partition coefficient (Wildman–Crippen LogP) is 2.77. The van der Waals surface area contributed by atoms with Gasteiger partial charge >= 0.3 is 0 Å². The number of aryl methyl sites for hydroxylation is 1. The minimum atomic E-state index is -3.48. The molecule has 0 aromatic heterocycles. The molecule has 2 N–H and O–H groups in total. The van der Waals surface area contributed by atoms with Crippen molar-refractivity contribution in [1.82, 2.24) is 9.62 Å².